The number of carboxylic acid groups (broad SMARTS) is 1. The van der Waals surface area contributed by atoms with Crippen LogP contribution in [0.15, 0.2) is 30.5 Å². The number of urea groups is 1. The Morgan fingerprint density at radius 2 is 2.16 bits per heavy atom. The third kappa shape index (κ3) is 6.82. The van der Waals surface area contributed by atoms with Gasteiger partial charge < -0.3 is 15.7 Å². The molecule has 0 atom stereocenters. The molecule has 0 aromatic heterocycles. The number of hydrogen-bond acceptors (Lipinski definition) is 2. The number of nitrogens with one attached hydrogen (secondary N) is 2. The number of rotatable bonds is 6. The van der Waals surface area contributed by atoms with Gasteiger partial charge in [-0.25, -0.2) is 9.18 Å². The molecular formula is C13H15FN2O3. The Balaban J connectivity index is 2.24. The topological polar surface area (TPSA) is 78.4 Å². The fourth-order valence-electron chi connectivity index (χ4n) is 1.32. The second-order valence-corrected chi connectivity index (χ2v) is 3.79. The Labute approximate surface area is 110 Å². The van der Waals surface area contributed by atoms with Gasteiger partial charge in [-0.1, -0.05) is 12.1 Å². The van der Waals surface area contributed by atoms with Gasteiger partial charge in [-0.2, -0.15) is 0 Å². The van der Waals surface area contributed by atoms with E-state index in [-0.39, 0.29) is 18.8 Å². The maximum absolute atomic E-state index is 12.8. The van der Waals surface area contributed by atoms with Crippen molar-refractivity contribution in [3.05, 3.63) is 41.8 Å². The molecule has 6 heteroatoms. The van der Waals surface area contributed by atoms with E-state index in [1.54, 1.807) is 18.2 Å². The first kappa shape index (κ1) is 14.7. The third-order valence-electron chi connectivity index (χ3n) is 2.19. The smallest absolute Gasteiger partial charge is 0.318 e. The van der Waals surface area contributed by atoms with E-state index >= 15 is 0 Å². The number of carbonyl (C=O) groups is 2. The molecule has 5 nitrogen and oxygen atoms in total. The van der Waals surface area contributed by atoms with Gasteiger partial charge in [-0.15, -0.1) is 0 Å². The highest BCUT2D eigenvalue weighted by atomic mass is 19.1. The molecule has 0 fully saturated rings. The molecule has 0 aliphatic rings. The maximum Gasteiger partial charge on any atom is 0.318 e. The quantitative estimate of drug-likeness (QED) is 0.689. The Bertz CT molecular complexity index is 475. The summed E-state index contributed by atoms with van der Waals surface area (Å²) in [6.07, 6.45) is 3.33. The van der Waals surface area contributed by atoms with E-state index in [9.17, 15) is 14.0 Å². The molecule has 1 rings (SSSR count). The lowest BCUT2D eigenvalue weighted by molar-refractivity contribution is -0.137. The van der Waals surface area contributed by atoms with Crippen LogP contribution in [0.3, 0.4) is 0 Å². The number of amides is 2. The molecule has 0 bridgehead atoms. The average molecular weight is 266 g/mol. The number of carboxylic acids is 1. The van der Waals surface area contributed by atoms with Crippen LogP contribution in [-0.4, -0.2) is 23.7 Å². The zero-order valence-corrected chi connectivity index (χ0v) is 10.2. The third-order valence-corrected chi connectivity index (χ3v) is 2.19. The molecule has 3 N–H and O–H groups in total. The van der Waals surface area contributed by atoms with Gasteiger partial charge in [0.2, 0.25) is 0 Å². The minimum absolute atomic E-state index is 0.0133. The van der Waals surface area contributed by atoms with Crippen LogP contribution in [0, 0.1) is 5.82 Å². The Kier molecular flexibility index (Phi) is 6.08. The minimum Gasteiger partial charge on any atom is -0.481 e. The van der Waals surface area contributed by atoms with E-state index in [2.05, 4.69) is 10.6 Å². The van der Waals surface area contributed by atoms with Crippen molar-refractivity contribution in [2.75, 3.05) is 6.54 Å². The predicted molar refractivity (Wildman–Crippen MR) is 68.8 cm³/mol. The van der Waals surface area contributed by atoms with Crippen molar-refractivity contribution in [1.82, 2.24) is 10.6 Å². The summed E-state index contributed by atoms with van der Waals surface area (Å²) >= 11 is 0. The first-order chi connectivity index (χ1) is 9.08. The fraction of sp³-hybridized carbons (Fsp3) is 0.231. The Hall–Kier alpha value is -2.37. The lowest BCUT2D eigenvalue weighted by Crippen LogP contribution is -2.32. The van der Waals surface area contributed by atoms with Gasteiger partial charge in [0.05, 0.1) is 0 Å². The molecule has 0 aliphatic heterocycles. The normalized spacial score (nSPS) is 10.4. The second-order valence-electron chi connectivity index (χ2n) is 3.79. The van der Waals surface area contributed by atoms with Crippen LogP contribution in [0.25, 0.3) is 6.08 Å². The molecule has 0 heterocycles. The van der Waals surface area contributed by atoms with Gasteiger partial charge in [0, 0.05) is 19.2 Å². The summed E-state index contributed by atoms with van der Waals surface area (Å²) < 4.78 is 12.8. The van der Waals surface area contributed by atoms with Crippen molar-refractivity contribution in [2.24, 2.45) is 0 Å². The Morgan fingerprint density at radius 1 is 1.37 bits per heavy atom. The molecule has 1 aromatic carbocycles. The van der Waals surface area contributed by atoms with E-state index in [1.807, 2.05) is 0 Å². The van der Waals surface area contributed by atoms with Gasteiger partial charge in [-0.05, 0) is 30.2 Å². The van der Waals surface area contributed by atoms with Crippen molar-refractivity contribution in [1.29, 1.82) is 0 Å². The molecule has 102 valence electrons. The first-order valence-electron chi connectivity index (χ1n) is 5.76. The van der Waals surface area contributed by atoms with Crippen molar-refractivity contribution >= 4 is 18.1 Å². The van der Waals surface area contributed by atoms with Crippen LogP contribution in [0.2, 0.25) is 0 Å². The van der Waals surface area contributed by atoms with Crippen molar-refractivity contribution in [3.63, 3.8) is 0 Å². The highest BCUT2D eigenvalue weighted by Gasteiger charge is 1.99. The van der Waals surface area contributed by atoms with E-state index < -0.39 is 12.0 Å². The number of hydrogen-bond donors (Lipinski definition) is 3. The maximum atomic E-state index is 12.8. The number of benzene rings is 1. The van der Waals surface area contributed by atoms with Gasteiger partial charge in [0.15, 0.2) is 0 Å². The number of halogens is 1. The lowest BCUT2D eigenvalue weighted by atomic mass is 10.2. The molecule has 0 unspecified atom stereocenters. The SMILES string of the molecule is O=C(O)CCCNC(=O)N/C=C/c1cccc(F)c1. The summed E-state index contributed by atoms with van der Waals surface area (Å²) in [5, 5.41) is 13.3. The predicted octanol–water partition coefficient (Wildman–Crippen LogP) is 1.96. The molecule has 2 amide bonds. The summed E-state index contributed by atoms with van der Waals surface area (Å²) in [5.74, 6) is -1.24. The van der Waals surface area contributed by atoms with Gasteiger partial charge in [0.25, 0.3) is 0 Å². The van der Waals surface area contributed by atoms with Crippen molar-refractivity contribution in [2.45, 2.75) is 12.8 Å². The van der Waals surface area contributed by atoms with Gasteiger partial charge in [-0.3, -0.25) is 4.79 Å². The first-order valence-corrected chi connectivity index (χ1v) is 5.76. The molecule has 19 heavy (non-hydrogen) atoms. The van der Waals surface area contributed by atoms with Gasteiger partial charge >= 0.3 is 12.0 Å². The van der Waals surface area contributed by atoms with E-state index in [0.717, 1.165) is 0 Å². The molecule has 0 saturated heterocycles. The lowest BCUT2D eigenvalue weighted by Gasteiger charge is -2.02. The number of carbonyl (C=O) groups excluding carboxylic acids is 1. The molecule has 0 aliphatic carbocycles. The minimum atomic E-state index is -0.895. The summed E-state index contributed by atoms with van der Waals surface area (Å²) in [6.45, 7) is 0.284. The molecule has 0 spiro atoms. The highest BCUT2D eigenvalue weighted by molar-refractivity contribution is 5.75. The molecular weight excluding hydrogens is 251 g/mol. The molecule has 0 saturated carbocycles. The highest BCUT2D eigenvalue weighted by Crippen LogP contribution is 2.04. The van der Waals surface area contributed by atoms with Crippen molar-refractivity contribution in [3.8, 4) is 0 Å². The zero-order chi connectivity index (χ0) is 14.1. The largest absolute Gasteiger partial charge is 0.481 e. The molecule has 0 radical (unpaired) electrons. The van der Waals surface area contributed by atoms with Crippen LogP contribution >= 0.6 is 0 Å². The summed E-state index contributed by atoms with van der Waals surface area (Å²) in [4.78, 5) is 21.5. The summed E-state index contributed by atoms with van der Waals surface area (Å²) in [5.41, 5.74) is 0.631. The monoisotopic (exact) mass is 266 g/mol. The van der Waals surface area contributed by atoms with E-state index in [1.165, 1.54) is 18.3 Å². The zero-order valence-electron chi connectivity index (χ0n) is 10.2. The second kappa shape index (κ2) is 7.86. The van der Waals surface area contributed by atoms with Crippen LogP contribution in [0.5, 0.6) is 0 Å². The standard InChI is InChI=1S/C13H15FN2O3/c14-11-4-1-3-10(9-11)6-8-16-13(19)15-7-2-5-12(17)18/h1,3-4,6,8-9H,2,5,7H2,(H,17,18)(H2,15,16,19)/b8-6+. The van der Waals surface area contributed by atoms with Crippen LogP contribution in [0.4, 0.5) is 9.18 Å². The number of aliphatic carboxylic acids is 1. The Morgan fingerprint density at radius 3 is 2.84 bits per heavy atom. The summed E-state index contributed by atoms with van der Waals surface area (Å²) in [6, 6.07) is 5.51. The van der Waals surface area contributed by atoms with Crippen LogP contribution < -0.4 is 10.6 Å². The molecule has 1 aromatic rings. The van der Waals surface area contributed by atoms with Crippen LogP contribution in [-0.2, 0) is 4.79 Å². The van der Waals surface area contributed by atoms with E-state index in [4.69, 9.17) is 5.11 Å². The fourth-order valence-corrected chi connectivity index (χ4v) is 1.32. The van der Waals surface area contributed by atoms with E-state index in [0.29, 0.717) is 12.0 Å². The van der Waals surface area contributed by atoms with Crippen LogP contribution in [0.1, 0.15) is 18.4 Å². The van der Waals surface area contributed by atoms with Crippen molar-refractivity contribution < 1.29 is 19.1 Å². The van der Waals surface area contributed by atoms with Gasteiger partial charge in [0.1, 0.15) is 5.82 Å². The summed E-state index contributed by atoms with van der Waals surface area (Å²) in [7, 11) is 0. The average Bonchev–Trinajstić information content (AvgIpc) is 2.34.